The van der Waals surface area contributed by atoms with Crippen LogP contribution < -0.4 is 0 Å². The average molecular weight is 291 g/mol. The van der Waals surface area contributed by atoms with Crippen molar-refractivity contribution in [3.63, 3.8) is 0 Å². The van der Waals surface area contributed by atoms with Gasteiger partial charge in [0.2, 0.25) is 0 Å². The minimum Gasteiger partial charge on any atom is -0.389 e. The van der Waals surface area contributed by atoms with Crippen LogP contribution in [-0.4, -0.2) is 16.9 Å². The van der Waals surface area contributed by atoms with Crippen LogP contribution in [0.25, 0.3) is 0 Å². The van der Waals surface area contributed by atoms with Crippen molar-refractivity contribution in [2.24, 2.45) is 5.41 Å². The van der Waals surface area contributed by atoms with Gasteiger partial charge >= 0.3 is 6.18 Å². The Labute approximate surface area is 119 Å². The highest BCUT2D eigenvalue weighted by Gasteiger charge is 2.47. The number of nitrogens with zero attached hydrogens (tertiary/aromatic N) is 1. The topological polar surface area (TPSA) is 44.0 Å². The van der Waals surface area contributed by atoms with Crippen LogP contribution in [0.2, 0.25) is 0 Å². The van der Waals surface area contributed by atoms with E-state index in [9.17, 15) is 23.5 Å². The first-order valence-electron chi connectivity index (χ1n) is 7.43. The Balaban J connectivity index is 2.71. The van der Waals surface area contributed by atoms with Crippen molar-refractivity contribution in [1.29, 1.82) is 5.26 Å². The molecule has 1 aliphatic rings. The van der Waals surface area contributed by atoms with E-state index in [-0.39, 0.29) is 12.8 Å². The molecule has 1 fully saturated rings. The quantitative estimate of drug-likeness (QED) is 0.814. The molecule has 0 spiro atoms. The van der Waals surface area contributed by atoms with Crippen LogP contribution in [0.5, 0.6) is 0 Å². The molecule has 116 valence electrons. The molecule has 0 aromatic carbocycles. The van der Waals surface area contributed by atoms with E-state index < -0.39 is 23.6 Å². The molecule has 1 unspecified atom stereocenters. The van der Waals surface area contributed by atoms with Gasteiger partial charge in [-0.1, -0.05) is 32.1 Å². The SMILES string of the molecule is CC(O)(CCCC(F)(F)F)C1(C#N)CCCCCCC1. The van der Waals surface area contributed by atoms with Gasteiger partial charge in [-0.25, -0.2) is 0 Å². The van der Waals surface area contributed by atoms with E-state index in [1.54, 1.807) is 0 Å². The molecule has 0 radical (unpaired) electrons. The van der Waals surface area contributed by atoms with Gasteiger partial charge in [-0.3, -0.25) is 0 Å². The van der Waals surface area contributed by atoms with E-state index in [0.717, 1.165) is 32.1 Å². The summed E-state index contributed by atoms with van der Waals surface area (Å²) < 4.78 is 36.7. The maximum absolute atomic E-state index is 12.2. The second kappa shape index (κ2) is 6.80. The number of hydrogen-bond acceptors (Lipinski definition) is 2. The molecule has 0 saturated heterocycles. The summed E-state index contributed by atoms with van der Waals surface area (Å²) in [5, 5.41) is 20.1. The Morgan fingerprint density at radius 3 is 2.00 bits per heavy atom. The summed E-state index contributed by atoms with van der Waals surface area (Å²) in [5.41, 5.74) is -2.23. The predicted octanol–water partition coefficient (Wildman–Crippen LogP) is 4.72. The van der Waals surface area contributed by atoms with E-state index in [4.69, 9.17) is 0 Å². The molecule has 20 heavy (non-hydrogen) atoms. The van der Waals surface area contributed by atoms with E-state index in [0.29, 0.717) is 12.8 Å². The summed E-state index contributed by atoms with van der Waals surface area (Å²) in [5.74, 6) is 0. The lowest BCUT2D eigenvalue weighted by Crippen LogP contribution is -2.45. The van der Waals surface area contributed by atoms with Crippen molar-refractivity contribution in [1.82, 2.24) is 0 Å². The third-order valence-corrected chi connectivity index (χ3v) is 4.58. The lowest BCUT2D eigenvalue weighted by atomic mass is 9.65. The van der Waals surface area contributed by atoms with Crippen molar-refractivity contribution in [3.8, 4) is 6.07 Å². The Morgan fingerprint density at radius 1 is 1.05 bits per heavy atom. The average Bonchev–Trinajstić information content (AvgIpc) is 2.26. The number of halogens is 3. The first kappa shape index (κ1) is 17.3. The standard InChI is InChI=1S/C15H24F3NO/c1-13(20,8-7-11-15(16,17)18)14(12-19)9-5-3-2-4-6-10-14/h20H,2-11H2,1H3. The van der Waals surface area contributed by atoms with Gasteiger partial charge in [0, 0.05) is 6.42 Å². The van der Waals surface area contributed by atoms with Gasteiger partial charge in [0.1, 0.15) is 0 Å². The van der Waals surface area contributed by atoms with Crippen molar-refractivity contribution in [2.75, 3.05) is 0 Å². The molecule has 0 amide bonds. The summed E-state index contributed by atoms with van der Waals surface area (Å²) in [6.07, 6.45) is 0.903. The van der Waals surface area contributed by atoms with Crippen LogP contribution in [0, 0.1) is 16.7 Å². The van der Waals surface area contributed by atoms with Crippen LogP contribution in [0.15, 0.2) is 0 Å². The molecular formula is C15H24F3NO. The van der Waals surface area contributed by atoms with Crippen LogP contribution in [0.3, 0.4) is 0 Å². The maximum atomic E-state index is 12.2. The second-order valence-corrected chi connectivity index (χ2v) is 6.20. The molecule has 0 bridgehead atoms. The summed E-state index contributed by atoms with van der Waals surface area (Å²) in [4.78, 5) is 0. The molecule has 0 heterocycles. The number of nitriles is 1. The lowest BCUT2D eigenvalue weighted by Gasteiger charge is -2.41. The van der Waals surface area contributed by atoms with Crippen molar-refractivity contribution in [2.45, 2.75) is 82.9 Å². The van der Waals surface area contributed by atoms with Gasteiger partial charge in [0.15, 0.2) is 0 Å². The molecule has 0 aromatic rings. The van der Waals surface area contributed by atoms with Crippen molar-refractivity contribution >= 4 is 0 Å². The Kier molecular flexibility index (Phi) is 5.88. The highest BCUT2D eigenvalue weighted by atomic mass is 19.4. The van der Waals surface area contributed by atoms with E-state index in [1.165, 1.54) is 6.92 Å². The van der Waals surface area contributed by atoms with E-state index in [1.807, 2.05) is 0 Å². The molecule has 1 N–H and O–H groups in total. The Morgan fingerprint density at radius 2 is 1.55 bits per heavy atom. The highest BCUT2D eigenvalue weighted by molar-refractivity contribution is 5.10. The number of alkyl halides is 3. The second-order valence-electron chi connectivity index (χ2n) is 6.20. The molecule has 0 aromatic heterocycles. The van der Waals surface area contributed by atoms with Gasteiger partial charge in [-0.05, 0) is 32.6 Å². The molecule has 5 heteroatoms. The molecule has 1 atom stereocenters. The Hall–Kier alpha value is -0.760. The highest BCUT2D eigenvalue weighted by Crippen LogP contribution is 2.45. The first-order chi connectivity index (χ1) is 9.22. The predicted molar refractivity (Wildman–Crippen MR) is 70.9 cm³/mol. The van der Waals surface area contributed by atoms with Crippen molar-refractivity contribution < 1.29 is 18.3 Å². The van der Waals surface area contributed by atoms with Gasteiger partial charge < -0.3 is 5.11 Å². The zero-order chi connectivity index (χ0) is 15.3. The number of aliphatic hydroxyl groups is 1. The third-order valence-electron chi connectivity index (χ3n) is 4.58. The molecule has 0 aliphatic heterocycles. The molecule has 2 nitrogen and oxygen atoms in total. The first-order valence-corrected chi connectivity index (χ1v) is 7.43. The smallest absolute Gasteiger partial charge is 0.389 e. The zero-order valence-corrected chi connectivity index (χ0v) is 12.1. The van der Waals surface area contributed by atoms with Crippen LogP contribution >= 0.6 is 0 Å². The van der Waals surface area contributed by atoms with E-state index >= 15 is 0 Å². The van der Waals surface area contributed by atoms with Gasteiger partial charge in [0.05, 0.1) is 17.1 Å². The number of hydrogen-bond donors (Lipinski definition) is 1. The fourth-order valence-electron chi connectivity index (χ4n) is 3.15. The van der Waals surface area contributed by atoms with Crippen LogP contribution in [0.1, 0.15) is 71.1 Å². The summed E-state index contributed by atoms with van der Waals surface area (Å²) in [7, 11) is 0. The largest absolute Gasteiger partial charge is 0.389 e. The van der Waals surface area contributed by atoms with Gasteiger partial charge in [-0.2, -0.15) is 18.4 Å². The normalized spacial score (nSPS) is 23.2. The molecular weight excluding hydrogens is 267 g/mol. The zero-order valence-electron chi connectivity index (χ0n) is 12.1. The minimum atomic E-state index is -4.20. The summed E-state index contributed by atoms with van der Waals surface area (Å²) in [6, 6.07) is 2.24. The van der Waals surface area contributed by atoms with Crippen molar-refractivity contribution in [3.05, 3.63) is 0 Å². The number of rotatable bonds is 4. The maximum Gasteiger partial charge on any atom is 0.389 e. The molecule has 1 aliphatic carbocycles. The van der Waals surface area contributed by atoms with Gasteiger partial charge in [-0.15, -0.1) is 0 Å². The monoisotopic (exact) mass is 291 g/mol. The molecule has 1 rings (SSSR count). The lowest BCUT2D eigenvalue weighted by molar-refractivity contribution is -0.140. The fourth-order valence-corrected chi connectivity index (χ4v) is 3.15. The third kappa shape index (κ3) is 4.66. The molecule has 1 saturated carbocycles. The summed E-state index contributed by atoms with van der Waals surface area (Å²) >= 11 is 0. The van der Waals surface area contributed by atoms with Crippen LogP contribution in [-0.2, 0) is 0 Å². The van der Waals surface area contributed by atoms with Crippen LogP contribution in [0.4, 0.5) is 13.2 Å². The summed E-state index contributed by atoms with van der Waals surface area (Å²) in [6.45, 7) is 1.54. The van der Waals surface area contributed by atoms with Gasteiger partial charge in [0.25, 0.3) is 0 Å². The minimum absolute atomic E-state index is 0.0278. The fraction of sp³-hybridized carbons (Fsp3) is 0.933. The van der Waals surface area contributed by atoms with E-state index in [2.05, 4.69) is 6.07 Å². The Bertz CT molecular complexity index is 336.